The minimum absolute atomic E-state index is 0.585. The molecule has 0 aromatic carbocycles. The van der Waals surface area contributed by atoms with Crippen molar-refractivity contribution in [2.75, 3.05) is 5.32 Å². The van der Waals surface area contributed by atoms with Crippen LogP contribution in [-0.2, 0) is 6.42 Å². The van der Waals surface area contributed by atoms with Crippen LogP contribution in [-0.4, -0.2) is 21.0 Å². The molecule has 2 N–H and O–H groups in total. The first-order chi connectivity index (χ1) is 10.3. The molecule has 3 unspecified atom stereocenters. The molecule has 0 radical (unpaired) electrons. The predicted octanol–water partition coefficient (Wildman–Crippen LogP) is 3.90. The molecule has 0 amide bonds. The average Bonchev–Trinajstić information content (AvgIpc) is 3.13. The van der Waals surface area contributed by atoms with Gasteiger partial charge in [-0.25, -0.2) is 9.97 Å². The van der Waals surface area contributed by atoms with Crippen molar-refractivity contribution in [3.8, 4) is 0 Å². The van der Waals surface area contributed by atoms with E-state index in [2.05, 4.69) is 33.4 Å². The van der Waals surface area contributed by atoms with Crippen molar-refractivity contribution < 1.29 is 0 Å². The zero-order chi connectivity index (χ0) is 14.2. The molecule has 0 aliphatic heterocycles. The zero-order valence-corrected chi connectivity index (χ0v) is 12.7. The molecular formula is C17H24N4. The molecule has 3 atom stereocenters. The van der Waals surface area contributed by atoms with Gasteiger partial charge in [-0.1, -0.05) is 26.2 Å². The summed E-state index contributed by atoms with van der Waals surface area (Å²) in [7, 11) is 0. The largest absolute Gasteiger partial charge is 0.367 e. The van der Waals surface area contributed by atoms with Crippen LogP contribution in [0.15, 0.2) is 12.5 Å². The number of hydrogen-bond acceptors (Lipinski definition) is 3. The summed E-state index contributed by atoms with van der Waals surface area (Å²) in [6.07, 6.45) is 13.1. The lowest BCUT2D eigenvalue weighted by atomic mass is 9.79. The second kappa shape index (κ2) is 5.32. The number of fused-ring (bicyclic) bond motifs is 2. The number of rotatable bonds is 3. The average molecular weight is 284 g/mol. The summed E-state index contributed by atoms with van der Waals surface area (Å²) < 4.78 is 0. The molecule has 2 aliphatic rings. The highest BCUT2D eigenvalue weighted by atomic mass is 15.1. The third kappa shape index (κ3) is 2.30. The minimum atomic E-state index is 0.585. The van der Waals surface area contributed by atoms with E-state index in [4.69, 9.17) is 0 Å². The van der Waals surface area contributed by atoms with Gasteiger partial charge in [0, 0.05) is 12.2 Å². The lowest BCUT2D eigenvalue weighted by Crippen LogP contribution is -2.30. The van der Waals surface area contributed by atoms with E-state index in [-0.39, 0.29) is 0 Å². The molecule has 112 valence electrons. The second-order valence-electron chi connectivity index (χ2n) is 6.72. The van der Waals surface area contributed by atoms with E-state index in [9.17, 15) is 0 Å². The van der Waals surface area contributed by atoms with Crippen LogP contribution in [0.1, 0.15) is 51.0 Å². The van der Waals surface area contributed by atoms with Gasteiger partial charge in [0.15, 0.2) is 0 Å². The molecule has 0 spiro atoms. The Bertz CT molecular complexity index is 633. The highest BCUT2D eigenvalue weighted by molar-refractivity contribution is 5.90. The summed E-state index contributed by atoms with van der Waals surface area (Å²) in [6, 6.07) is 0.585. The van der Waals surface area contributed by atoms with Crippen LogP contribution in [0.5, 0.6) is 0 Å². The van der Waals surface area contributed by atoms with Crippen molar-refractivity contribution in [1.29, 1.82) is 0 Å². The molecule has 0 saturated heterocycles. The number of H-pyrrole nitrogens is 1. The Labute approximate surface area is 125 Å². The Morgan fingerprint density at radius 1 is 1.19 bits per heavy atom. The first-order valence-corrected chi connectivity index (χ1v) is 8.42. The van der Waals surface area contributed by atoms with E-state index in [1.807, 2.05) is 0 Å². The Morgan fingerprint density at radius 2 is 2.10 bits per heavy atom. The van der Waals surface area contributed by atoms with Crippen molar-refractivity contribution in [3.63, 3.8) is 0 Å². The van der Waals surface area contributed by atoms with Crippen LogP contribution < -0.4 is 5.32 Å². The molecule has 2 saturated carbocycles. The van der Waals surface area contributed by atoms with Gasteiger partial charge in [-0.3, -0.25) is 0 Å². The maximum absolute atomic E-state index is 4.53. The Kier molecular flexibility index (Phi) is 3.32. The van der Waals surface area contributed by atoms with Gasteiger partial charge in [0.05, 0.1) is 5.39 Å². The first-order valence-electron chi connectivity index (χ1n) is 8.42. The maximum Gasteiger partial charge on any atom is 0.143 e. The molecule has 2 aromatic heterocycles. The summed E-state index contributed by atoms with van der Waals surface area (Å²) in [5.74, 6) is 2.98. The quantitative estimate of drug-likeness (QED) is 0.898. The van der Waals surface area contributed by atoms with Crippen LogP contribution in [0, 0.1) is 11.8 Å². The summed E-state index contributed by atoms with van der Waals surface area (Å²) >= 11 is 0. The van der Waals surface area contributed by atoms with E-state index in [0.29, 0.717) is 6.04 Å². The van der Waals surface area contributed by atoms with Gasteiger partial charge >= 0.3 is 0 Å². The Balaban J connectivity index is 1.58. The topological polar surface area (TPSA) is 53.6 Å². The second-order valence-corrected chi connectivity index (χ2v) is 6.72. The third-order valence-electron chi connectivity index (χ3n) is 5.56. The van der Waals surface area contributed by atoms with Gasteiger partial charge in [-0.2, -0.15) is 0 Å². The number of aromatic nitrogens is 3. The number of aromatic amines is 1. The van der Waals surface area contributed by atoms with Crippen LogP contribution in [0.4, 0.5) is 5.82 Å². The van der Waals surface area contributed by atoms with Crippen molar-refractivity contribution in [2.45, 2.75) is 57.9 Å². The lowest BCUT2D eigenvalue weighted by Gasteiger charge is -2.32. The zero-order valence-electron chi connectivity index (χ0n) is 12.7. The molecule has 4 nitrogen and oxygen atoms in total. The van der Waals surface area contributed by atoms with Crippen molar-refractivity contribution >= 4 is 16.9 Å². The van der Waals surface area contributed by atoms with Gasteiger partial charge in [-0.15, -0.1) is 0 Å². The van der Waals surface area contributed by atoms with E-state index in [1.165, 1.54) is 49.5 Å². The minimum Gasteiger partial charge on any atom is -0.367 e. The number of nitrogens with zero attached hydrogens (tertiary/aromatic N) is 2. The smallest absolute Gasteiger partial charge is 0.143 e. The normalized spacial score (nSPS) is 28.7. The summed E-state index contributed by atoms with van der Waals surface area (Å²) in [5.41, 5.74) is 2.27. The highest BCUT2D eigenvalue weighted by Gasteiger charge is 2.34. The molecular weight excluding hydrogens is 260 g/mol. The highest BCUT2D eigenvalue weighted by Crippen LogP contribution is 2.42. The van der Waals surface area contributed by atoms with E-state index < -0.39 is 0 Å². The van der Waals surface area contributed by atoms with Gasteiger partial charge < -0.3 is 10.3 Å². The van der Waals surface area contributed by atoms with Gasteiger partial charge in [0.1, 0.15) is 17.8 Å². The van der Waals surface area contributed by atoms with Crippen LogP contribution in [0.25, 0.3) is 11.0 Å². The van der Waals surface area contributed by atoms with E-state index in [0.717, 1.165) is 29.7 Å². The van der Waals surface area contributed by atoms with Crippen LogP contribution >= 0.6 is 0 Å². The fourth-order valence-electron chi connectivity index (χ4n) is 4.44. The molecule has 2 heterocycles. The maximum atomic E-state index is 4.53. The fraction of sp³-hybridized carbons (Fsp3) is 0.647. The summed E-state index contributed by atoms with van der Waals surface area (Å²) in [5, 5.41) is 4.91. The lowest BCUT2D eigenvalue weighted by molar-refractivity contribution is 0.260. The molecule has 2 aromatic rings. The monoisotopic (exact) mass is 284 g/mol. The standard InChI is InChI=1S/C17H24N4/c1-2-11-9-18-16-15(11)17(20-10-19-16)21-14-7-6-12-4-3-5-13(12)8-14/h9-10,12-14H,2-8H2,1H3,(H2,18,19,20,21). The summed E-state index contributed by atoms with van der Waals surface area (Å²) in [6.45, 7) is 2.18. The van der Waals surface area contributed by atoms with Crippen molar-refractivity contribution in [1.82, 2.24) is 15.0 Å². The number of hydrogen-bond donors (Lipinski definition) is 2. The molecule has 4 heteroatoms. The van der Waals surface area contributed by atoms with Gasteiger partial charge in [0.2, 0.25) is 0 Å². The molecule has 2 aliphatic carbocycles. The molecule has 21 heavy (non-hydrogen) atoms. The Morgan fingerprint density at radius 3 is 3.00 bits per heavy atom. The Hall–Kier alpha value is -1.58. The van der Waals surface area contributed by atoms with Gasteiger partial charge in [0.25, 0.3) is 0 Å². The predicted molar refractivity (Wildman–Crippen MR) is 85.4 cm³/mol. The van der Waals surface area contributed by atoms with E-state index >= 15 is 0 Å². The third-order valence-corrected chi connectivity index (χ3v) is 5.56. The molecule has 0 bridgehead atoms. The fourth-order valence-corrected chi connectivity index (χ4v) is 4.44. The van der Waals surface area contributed by atoms with Crippen molar-refractivity contribution in [2.24, 2.45) is 11.8 Å². The molecule has 2 fully saturated rings. The van der Waals surface area contributed by atoms with Crippen LogP contribution in [0.3, 0.4) is 0 Å². The van der Waals surface area contributed by atoms with E-state index in [1.54, 1.807) is 6.33 Å². The van der Waals surface area contributed by atoms with Crippen molar-refractivity contribution in [3.05, 3.63) is 18.1 Å². The first kappa shape index (κ1) is 13.1. The SMILES string of the molecule is CCc1c[nH]c2ncnc(NC3CCC4CCCC4C3)c12. The van der Waals surface area contributed by atoms with Crippen LogP contribution in [0.2, 0.25) is 0 Å². The number of anilines is 1. The number of nitrogens with one attached hydrogen (secondary N) is 2. The number of aryl methyl sites for hydroxylation is 1. The summed E-state index contributed by atoms with van der Waals surface area (Å²) in [4.78, 5) is 12.1. The van der Waals surface area contributed by atoms with Gasteiger partial charge in [-0.05, 0) is 43.1 Å². The molecule has 4 rings (SSSR count).